The van der Waals surface area contributed by atoms with E-state index in [9.17, 15) is 9.18 Å². The molecule has 0 bridgehead atoms. The molecule has 0 aliphatic heterocycles. The van der Waals surface area contributed by atoms with Crippen molar-refractivity contribution in [2.45, 2.75) is 13.8 Å². The van der Waals surface area contributed by atoms with Crippen molar-refractivity contribution in [1.29, 1.82) is 0 Å². The molecule has 3 rings (SSSR count). The highest BCUT2D eigenvalue weighted by Gasteiger charge is 2.23. The molecule has 0 fully saturated rings. The summed E-state index contributed by atoms with van der Waals surface area (Å²) in [4.78, 5) is 13.9. The lowest BCUT2D eigenvalue weighted by Crippen LogP contribution is -2.27. The van der Waals surface area contributed by atoms with Gasteiger partial charge in [-0.1, -0.05) is 28.0 Å². The van der Waals surface area contributed by atoms with E-state index in [1.807, 2.05) is 0 Å². The second-order valence-corrected chi connectivity index (χ2v) is 5.57. The van der Waals surface area contributed by atoms with Crippen LogP contribution in [0.2, 0.25) is 5.02 Å². The molecule has 0 saturated carbocycles. The number of carbonyl (C=O) groups excluding carboxylic acids is 1. The van der Waals surface area contributed by atoms with E-state index in [0.29, 0.717) is 17.1 Å². The first-order valence-electron chi connectivity index (χ1n) is 6.97. The SMILES string of the molecule is Cc1noc(C)c1N(C)C(=O)c1cn(-c2cccc(Cl)c2F)nn1. The van der Waals surface area contributed by atoms with Gasteiger partial charge in [0.15, 0.2) is 17.3 Å². The Morgan fingerprint density at radius 2 is 2.12 bits per heavy atom. The smallest absolute Gasteiger partial charge is 0.280 e. The Morgan fingerprint density at radius 1 is 1.38 bits per heavy atom. The molecule has 0 unspecified atom stereocenters. The van der Waals surface area contributed by atoms with E-state index in [2.05, 4.69) is 15.5 Å². The van der Waals surface area contributed by atoms with Crippen molar-refractivity contribution in [2.24, 2.45) is 0 Å². The second kappa shape index (κ2) is 6.04. The van der Waals surface area contributed by atoms with Gasteiger partial charge in [-0.15, -0.1) is 5.10 Å². The van der Waals surface area contributed by atoms with Crippen LogP contribution in [0.15, 0.2) is 28.9 Å². The second-order valence-electron chi connectivity index (χ2n) is 5.16. The van der Waals surface area contributed by atoms with E-state index in [-0.39, 0.29) is 16.4 Å². The fourth-order valence-electron chi connectivity index (χ4n) is 2.38. The minimum atomic E-state index is -0.637. The Morgan fingerprint density at radius 3 is 2.79 bits per heavy atom. The van der Waals surface area contributed by atoms with Crippen LogP contribution in [0.25, 0.3) is 5.69 Å². The minimum absolute atomic E-state index is 0.0382. The van der Waals surface area contributed by atoms with Crippen molar-refractivity contribution in [3.63, 3.8) is 0 Å². The molecule has 7 nitrogen and oxygen atoms in total. The number of carbonyl (C=O) groups is 1. The van der Waals surface area contributed by atoms with E-state index in [1.54, 1.807) is 27.0 Å². The number of hydrogen-bond donors (Lipinski definition) is 0. The zero-order chi connectivity index (χ0) is 17.4. The molecule has 0 aliphatic carbocycles. The lowest BCUT2D eigenvalue weighted by Gasteiger charge is -2.14. The first kappa shape index (κ1) is 16.1. The highest BCUT2D eigenvalue weighted by atomic mass is 35.5. The van der Waals surface area contributed by atoms with Crippen LogP contribution in [0.1, 0.15) is 21.9 Å². The van der Waals surface area contributed by atoms with Crippen LogP contribution in [0.4, 0.5) is 10.1 Å². The number of anilines is 1. The Balaban J connectivity index is 1.93. The summed E-state index contributed by atoms with van der Waals surface area (Å²) in [5.74, 6) is -0.545. The monoisotopic (exact) mass is 349 g/mol. The molecule has 3 aromatic rings. The van der Waals surface area contributed by atoms with Crippen molar-refractivity contribution in [2.75, 3.05) is 11.9 Å². The average molecular weight is 350 g/mol. The van der Waals surface area contributed by atoms with Gasteiger partial charge in [-0.3, -0.25) is 4.79 Å². The summed E-state index contributed by atoms with van der Waals surface area (Å²) < 4.78 is 20.3. The first-order valence-corrected chi connectivity index (χ1v) is 7.35. The van der Waals surface area contributed by atoms with Gasteiger partial charge < -0.3 is 9.42 Å². The Bertz CT molecular complexity index is 901. The number of rotatable bonds is 3. The molecule has 1 aromatic carbocycles. The molecule has 2 heterocycles. The quantitative estimate of drug-likeness (QED) is 0.726. The molecule has 0 aliphatic rings. The van der Waals surface area contributed by atoms with E-state index >= 15 is 0 Å². The third-order valence-electron chi connectivity index (χ3n) is 3.53. The zero-order valence-electron chi connectivity index (χ0n) is 13.1. The van der Waals surface area contributed by atoms with Crippen molar-refractivity contribution >= 4 is 23.2 Å². The average Bonchev–Trinajstić information content (AvgIpc) is 3.16. The summed E-state index contributed by atoms with van der Waals surface area (Å²) in [5.41, 5.74) is 1.30. The zero-order valence-corrected chi connectivity index (χ0v) is 13.9. The van der Waals surface area contributed by atoms with Crippen molar-refractivity contribution in [3.8, 4) is 5.69 Å². The maximum atomic E-state index is 14.0. The van der Waals surface area contributed by atoms with Gasteiger partial charge >= 0.3 is 0 Å². The standard InChI is InChI=1S/C15H13ClFN5O2/c1-8-14(9(2)24-19-8)21(3)15(23)11-7-22(20-18-11)12-6-4-5-10(16)13(12)17/h4-7H,1-3H3. The lowest BCUT2D eigenvalue weighted by molar-refractivity contribution is 0.0987. The molecule has 0 N–H and O–H groups in total. The summed E-state index contributed by atoms with van der Waals surface area (Å²) in [7, 11) is 1.58. The third kappa shape index (κ3) is 2.65. The number of halogens is 2. The Kier molecular flexibility index (Phi) is 4.06. The van der Waals surface area contributed by atoms with Crippen molar-refractivity contribution in [1.82, 2.24) is 20.2 Å². The molecule has 9 heteroatoms. The van der Waals surface area contributed by atoms with Gasteiger partial charge in [-0.05, 0) is 26.0 Å². The van der Waals surface area contributed by atoms with Gasteiger partial charge in [-0.25, -0.2) is 9.07 Å². The summed E-state index contributed by atoms with van der Waals surface area (Å²) in [6.45, 7) is 3.44. The number of nitrogens with zero attached hydrogens (tertiary/aromatic N) is 5. The number of aryl methyl sites for hydroxylation is 2. The normalized spacial score (nSPS) is 10.9. The minimum Gasteiger partial charge on any atom is -0.359 e. The summed E-state index contributed by atoms with van der Waals surface area (Å²) in [6.07, 6.45) is 1.34. The largest absolute Gasteiger partial charge is 0.359 e. The molecular formula is C15H13ClFN5O2. The molecule has 0 radical (unpaired) electrons. The molecule has 124 valence electrons. The highest BCUT2D eigenvalue weighted by Crippen LogP contribution is 2.24. The van der Waals surface area contributed by atoms with Gasteiger partial charge in [0.05, 0.1) is 11.2 Å². The van der Waals surface area contributed by atoms with E-state index in [4.69, 9.17) is 16.1 Å². The van der Waals surface area contributed by atoms with Crippen molar-refractivity contribution < 1.29 is 13.7 Å². The van der Waals surface area contributed by atoms with E-state index in [0.717, 1.165) is 4.68 Å². The summed E-state index contributed by atoms with van der Waals surface area (Å²) in [5, 5.41) is 11.4. The van der Waals surface area contributed by atoms with Crippen LogP contribution < -0.4 is 4.90 Å². The van der Waals surface area contributed by atoms with Crippen LogP contribution >= 0.6 is 11.6 Å². The van der Waals surface area contributed by atoms with Crippen LogP contribution in [0.3, 0.4) is 0 Å². The van der Waals surface area contributed by atoms with Gasteiger partial charge in [0.25, 0.3) is 5.91 Å². The Labute approximate surface area is 141 Å². The fourth-order valence-corrected chi connectivity index (χ4v) is 2.55. The van der Waals surface area contributed by atoms with Crippen LogP contribution in [-0.4, -0.2) is 33.1 Å². The van der Waals surface area contributed by atoms with Gasteiger partial charge in [-0.2, -0.15) is 0 Å². The predicted octanol–water partition coefficient (Wildman–Crippen LogP) is 2.94. The maximum absolute atomic E-state index is 14.0. The van der Waals surface area contributed by atoms with Crippen LogP contribution in [0, 0.1) is 19.7 Å². The number of amides is 1. The topological polar surface area (TPSA) is 77.0 Å². The molecule has 2 aromatic heterocycles. The van der Waals surface area contributed by atoms with E-state index in [1.165, 1.54) is 23.2 Å². The molecule has 0 atom stereocenters. The number of benzene rings is 1. The van der Waals surface area contributed by atoms with E-state index < -0.39 is 11.7 Å². The molecular weight excluding hydrogens is 337 g/mol. The number of hydrogen-bond acceptors (Lipinski definition) is 5. The summed E-state index contributed by atoms with van der Waals surface area (Å²) in [6, 6.07) is 4.50. The molecule has 1 amide bonds. The summed E-state index contributed by atoms with van der Waals surface area (Å²) >= 11 is 5.76. The predicted molar refractivity (Wildman–Crippen MR) is 85.0 cm³/mol. The molecule has 24 heavy (non-hydrogen) atoms. The van der Waals surface area contributed by atoms with Gasteiger partial charge in [0.2, 0.25) is 0 Å². The molecule has 0 spiro atoms. The van der Waals surface area contributed by atoms with Crippen molar-refractivity contribution in [3.05, 3.63) is 52.4 Å². The highest BCUT2D eigenvalue weighted by molar-refractivity contribution is 6.30. The van der Waals surface area contributed by atoms with Gasteiger partial charge in [0.1, 0.15) is 17.1 Å². The van der Waals surface area contributed by atoms with Crippen LogP contribution in [0.5, 0.6) is 0 Å². The maximum Gasteiger partial charge on any atom is 0.280 e. The lowest BCUT2D eigenvalue weighted by atomic mass is 10.2. The Hall–Kier alpha value is -2.74. The van der Waals surface area contributed by atoms with Gasteiger partial charge in [0, 0.05) is 7.05 Å². The third-order valence-corrected chi connectivity index (χ3v) is 3.82. The number of aromatic nitrogens is 4. The van der Waals surface area contributed by atoms with Crippen LogP contribution in [-0.2, 0) is 0 Å². The fraction of sp³-hybridized carbons (Fsp3) is 0.200. The first-order chi connectivity index (χ1) is 11.4. The molecule has 0 saturated heterocycles.